The molecule has 2 aliphatic heterocycles. The van der Waals surface area contributed by atoms with Crippen molar-refractivity contribution in [2.24, 2.45) is 4.99 Å². The van der Waals surface area contributed by atoms with E-state index in [0.717, 1.165) is 12.0 Å². The minimum absolute atomic E-state index is 0.0839. The average Bonchev–Trinajstić information content (AvgIpc) is 2.98. The molecule has 0 radical (unpaired) electrons. The number of rotatable bonds is 4. The number of carbonyl (C=O) groups is 1. The number of amidine groups is 1. The van der Waals surface area contributed by atoms with Crippen LogP contribution in [0.2, 0.25) is 0 Å². The van der Waals surface area contributed by atoms with E-state index in [-0.39, 0.29) is 29.2 Å². The molecule has 0 bridgehead atoms. The van der Waals surface area contributed by atoms with E-state index in [0.29, 0.717) is 11.7 Å². The summed E-state index contributed by atoms with van der Waals surface area (Å²) in [5, 5.41) is 9.09. The van der Waals surface area contributed by atoms with Crippen molar-refractivity contribution in [1.29, 1.82) is 5.26 Å². The van der Waals surface area contributed by atoms with Gasteiger partial charge in [0.05, 0.1) is 23.6 Å². The molecule has 6 nitrogen and oxygen atoms in total. The molecular formula is C16H17N3O3S2. The zero-order valence-corrected chi connectivity index (χ0v) is 14.6. The lowest BCUT2D eigenvalue weighted by molar-refractivity contribution is -0.116. The second-order valence-electron chi connectivity index (χ2n) is 5.85. The van der Waals surface area contributed by atoms with E-state index in [4.69, 9.17) is 5.26 Å². The Balaban J connectivity index is 1.79. The van der Waals surface area contributed by atoms with Crippen LogP contribution < -0.4 is 0 Å². The van der Waals surface area contributed by atoms with Gasteiger partial charge >= 0.3 is 0 Å². The highest BCUT2D eigenvalue weighted by Gasteiger charge is 2.48. The maximum Gasteiger partial charge on any atom is 0.262 e. The van der Waals surface area contributed by atoms with Gasteiger partial charge in [-0.3, -0.25) is 4.79 Å². The Morgan fingerprint density at radius 1 is 1.33 bits per heavy atom. The molecule has 0 aromatic heterocycles. The van der Waals surface area contributed by atoms with Crippen LogP contribution in [0.3, 0.4) is 0 Å². The number of nitriles is 1. The molecule has 1 amide bonds. The predicted molar refractivity (Wildman–Crippen MR) is 93.3 cm³/mol. The first-order valence-electron chi connectivity index (χ1n) is 7.64. The quantitative estimate of drug-likeness (QED) is 0.799. The summed E-state index contributed by atoms with van der Waals surface area (Å²) in [4.78, 5) is 17.7. The number of sulfone groups is 1. The smallest absolute Gasteiger partial charge is 0.262 e. The summed E-state index contributed by atoms with van der Waals surface area (Å²) in [6.07, 6.45) is 0.486. The minimum atomic E-state index is -3.04. The SMILES string of the molecule is N#CCC(=O)N=C1S[C@H]2CS(=O)(=O)C[C@H]2N1CCc1ccccc1. The number of hydrogen-bond donors (Lipinski definition) is 0. The number of fused-ring (bicyclic) bond motifs is 1. The molecule has 0 unspecified atom stereocenters. The van der Waals surface area contributed by atoms with Crippen LogP contribution in [0.25, 0.3) is 0 Å². The number of benzene rings is 1. The fourth-order valence-electron chi connectivity index (χ4n) is 3.01. The largest absolute Gasteiger partial charge is 0.346 e. The molecule has 24 heavy (non-hydrogen) atoms. The Morgan fingerprint density at radius 2 is 2.08 bits per heavy atom. The Morgan fingerprint density at radius 3 is 2.79 bits per heavy atom. The molecule has 0 saturated carbocycles. The van der Waals surface area contributed by atoms with Crippen molar-refractivity contribution in [2.45, 2.75) is 24.1 Å². The van der Waals surface area contributed by atoms with Gasteiger partial charge in [0.15, 0.2) is 15.0 Å². The van der Waals surface area contributed by atoms with Crippen LogP contribution in [-0.4, -0.2) is 53.7 Å². The highest BCUT2D eigenvalue weighted by molar-refractivity contribution is 8.15. The van der Waals surface area contributed by atoms with Crippen molar-refractivity contribution in [2.75, 3.05) is 18.1 Å². The fraction of sp³-hybridized carbons (Fsp3) is 0.438. The van der Waals surface area contributed by atoms with E-state index in [9.17, 15) is 13.2 Å². The molecule has 126 valence electrons. The Kier molecular flexibility index (Phi) is 4.92. The number of hydrogen-bond acceptors (Lipinski definition) is 5. The number of aliphatic imine (C=N–C) groups is 1. The first-order valence-corrected chi connectivity index (χ1v) is 10.3. The van der Waals surface area contributed by atoms with Crippen molar-refractivity contribution < 1.29 is 13.2 Å². The third-order valence-electron chi connectivity index (χ3n) is 4.11. The molecule has 8 heteroatoms. The molecule has 0 aliphatic carbocycles. The third kappa shape index (κ3) is 3.79. The first kappa shape index (κ1) is 17.0. The second kappa shape index (κ2) is 6.95. The molecular weight excluding hydrogens is 346 g/mol. The molecule has 1 aromatic carbocycles. The molecule has 0 spiro atoms. The number of carbonyl (C=O) groups excluding carboxylic acids is 1. The molecule has 1 aromatic rings. The lowest BCUT2D eigenvalue weighted by Crippen LogP contribution is -2.39. The van der Waals surface area contributed by atoms with Crippen molar-refractivity contribution in [1.82, 2.24) is 4.90 Å². The number of nitrogens with zero attached hydrogens (tertiary/aromatic N) is 3. The van der Waals surface area contributed by atoms with Crippen LogP contribution in [0.1, 0.15) is 12.0 Å². The summed E-state index contributed by atoms with van der Waals surface area (Å²) < 4.78 is 23.8. The fourth-order valence-corrected chi connectivity index (χ4v) is 7.00. The van der Waals surface area contributed by atoms with E-state index < -0.39 is 15.7 Å². The lowest BCUT2D eigenvalue weighted by atomic mass is 10.1. The molecule has 2 fully saturated rings. The summed E-state index contributed by atoms with van der Waals surface area (Å²) in [7, 11) is -3.04. The van der Waals surface area contributed by atoms with Gasteiger partial charge in [-0.15, -0.1) is 0 Å². The van der Waals surface area contributed by atoms with Crippen molar-refractivity contribution >= 4 is 32.7 Å². The summed E-state index contributed by atoms with van der Waals surface area (Å²) in [5.41, 5.74) is 1.15. The Labute approximate surface area is 145 Å². The van der Waals surface area contributed by atoms with Gasteiger partial charge in [-0.1, -0.05) is 42.1 Å². The summed E-state index contributed by atoms with van der Waals surface area (Å²) in [6.45, 7) is 0.604. The van der Waals surface area contributed by atoms with Gasteiger partial charge < -0.3 is 4.90 Å². The van der Waals surface area contributed by atoms with Crippen LogP contribution in [0.15, 0.2) is 35.3 Å². The minimum Gasteiger partial charge on any atom is -0.346 e. The average molecular weight is 363 g/mol. The Bertz CT molecular complexity index is 800. The van der Waals surface area contributed by atoms with E-state index in [1.807, 2.05) is 35.2 Å². The van der Waals surface area contributed by atoms with Gasteiger partial charge in [-0.2, -0.15) is 10.3 Å². The van der Waals surface area contributed by atoms with E-state index in [1.54, 1.807) is 6.07 Å². The van der Waals surface area contributed by atoms with E-state index in [2.05, 4.69) is 4.99 Å². The molecule has 2 heterocycles. The van der Waals surface area contributed by atoms with E-state index in [1.165, 1.54) is 11.8 Å². The monoisotopic (exact) mass is 363 g/mol. The summed E-state index contributed by atoms with van der Waals surface area (Å²) in [6, 6.07) is 11.6. The van der Waals surface area contributed by atoms with Crippen molar-refractivity contribution in [3.63, 3.8) is 0 Å². The molecule has 0 N–H and O–H groups in total. The topological polar surface area (TPSA) is 90.6 Å². The predicted octanol–water partition coefficient (Wildman–Crippen LogP) is 1.24. The number of amides is 1. The van der Waals surface area contributed by atoms with Gasteiger partial charge in [0.1, 0.15) is 6.42 Å². The zero-order chi connectivity index (χ0) is 17.2. The molecule has 2 aliphatic rings. The van der Waals surface area contributed by atoms with Crippen LogP contribution in [0.5, 0.6) is 0 Å². The van der Waals surface area contributed by atoms with Gasteiger partial charge in [-0.25, -0.2) is 8.42 Å². The maximum atomic E-state index is 11.9. The maximum absolute atomic E-state index is 11.9. The van der Waals surface area contributed by atoms with Gasteiger partial charge in [-0.05, 0) is 12.0 Å². The second-order valence-corrected chi connectivity index (χ2v) is 9.21. The van der Waals surface area contributed by atoms with Crippen LogP contribution in [-0.2, 0) is 21.1 Å². The van der Waals surface area contributed by atoms with Crippen LogP contribution >= 0.6 is 11.8 Å². The van der Waals surface area contributed by atoms with Gasteiger partial charge in [0.2, 0.25) is 0 Å². The first-order chi connectivity index (χ1) is 11.5. The van der Waals surface area contributed by atoms with Gasteiger partial charge in [0, 0.05) is 11.8 Å². The highest BCUT2D eigenvalue weighted by Crippen LogP contribution is 2.38. The Hall–Kier alpha value is -1.85. The van der Waals surface area contributed by atoms with Crippen LogP contribution in [0, 0.1) is 11.3 Å². The summed E-state index contributed by atoms with van der Waals surface area (Å²) >= 11 is 1.35. The lowest BCUT2D eigenvalue weighted by Gasteiger charge is -2.24. The van der Waals surface area contributed by atoms with Crippen LogP contribution in [0.4, 0.5) is 0 Å². The van der Waals surface area contributed by atoms with Crippen molar-refractivity contribution in [3.8, 4) is 6.07 Å². The standard InChI is InChI=1S/C16H17N3O3S2/c17-8-6-15(20)18-16-19(9-7-12-4-2-1-3-5-12)13-10-24(21,22)11-14(13)23-16/h1-5,13-14H,6-7,9-11H2/t13-,14+/m1/s1. The highest BCUT2D eigenvalue weighted by atomic mass is 32.2. The molecule has 2 atom stereocenters. The normalized spacial score (nSPS) is 26.3. The van der Waals surface area contributed by atoms with Gasteiger partial charge in [0.25, 0.3) is 5.91 Å². The zero-order valence-electron chi connectivity index (χ0n) is 13.0. The number of thioether (sulfide) groups is 1. The van der Waals surface area contributed by atoms with Crippen molar-refractivity contribution in [3.05, 3.63) is 35.9 Å². The molecule has 2 saturated heterocycles. The third-order valence-corrected chi connectivity index (χ3v) is 7.36. The van der Waals surface area contributed by atoms with E-state index >= 15 is 0 Å². The molecule has 3 rings (SSSR count). The summed E-state index contributed by atoms with van der Waals surface area (Å²) in [5.74, 6) is -0.256.